The summed E-state index contributed by atoms with van der Waals surface area (Å²) >= 11 is 1.19. The molecule has 33 heavy (non-hydrogen) atoms. The van der Waals surface area contributed by atoms with Gasteiger partial charge in [0.05, 0.1) is 22.7 Å². The fourth-order valence-electron chi connectivity index (χ4n) is 3.53. The van der Waals surface area contributed by atoms with E-state index in [4.69, 9.17) is 0 Å². The van der Waals surface area contributed by atoms with E-state index in [1.165, 1.54) is 17.8 Å². The molecule has 2 N–H and O–H groups in total. The van der Waals surface area contributed by atoms with E-state index in [1.54, 1.807) is 30.3 Å². The smallest absolute Gasteiger partial charge is 0.234 e. The number of aromatic nitrogens is 3. The molecule has 168 valence electrons. The Morgan fingerprint density at radius 3 is 2.52 bits per heavy atom. The number of nitrogens with one attached hydrogen (secondary N) is 1. The van der Waals surface area contributed by atoms with Gasteiger partial charge >= 0.3 is 0 Å². The van der Waals surface area contributed by atoms with Gasteiger partial charge in [-0.2, -0.15) is 0 Å². The first-order valence-electron chi connectivity index (χ1n) is 10.3. The molecular formula is C25H23FN4O2S. The van der Waals surface area contributed by atoms with Crippen molar-refractivity contribution in [1.82, 2.24) is 14.8 Å². The summed E-state index contributed by atoms with van der Waals surface area (Å²) in [4.78, 5) is 12.5. The fourth-order valence-corrected chi connectivity index (χ4v) is 4.27. The van der Waals surface area contributed by atoms with Gasteiger partial charge in [0.2, 0.25) is 5.91 Å². The lowest BCUT2D eigenvalue weighted by atomic mass is 10.1. The van der Waals surface area contributed by atoms with Gasteiger partial charge in [-0.3, -0.25) is 9.36 Å². The van der Waals surface area contributed by atoms with Crippen molar-refractivity contribution in [2.24, 2.45) is 0 Å². The summed E-state index contributed by atoms with van der Waals surface area (Å²) in [6.45, 7) is 5.83. The van der Waals surface area contributed by atoms with Crippen LogP contribution < -0.4 is 5.32 Å². The number of carbonyl (C=O) groups excluding carboxylic acids is 1. The third-order valence-electron chi connectivity index (χ3n) is 5.10. The van der Waals surface area contributed by atoms with Crippen LogP contribution in [0.3, 0.4) is 0 Å². The fraction of sp³-hybridized carbons (Fsp3) is 0.160. The predicted molar refractivity (Wildman–Crippen MR) is 128 cm³/mol. The van der Waals surface area contributed by atoms with E-state index < -0.39 is 5.82 Å². The van der Waals surface area contributed by atoms with Crippen molar-refractivity contribution in [2.75, 3.05) is 11.1 Å². The second-order valence-corrected chi connectivity index (χ2v) is 8.71. The van der Waals surface area contributed by atoms with Gasteiger partial charge in [0.1, 0.15) is 11.6 Å². The molecule has 1 amide bonds. The maximum absolute atomic E-state index is 14.0. The molecule has 0 saturated heterocycles. The maximum Gasteiger partial charge on any atom is 0.234 e. The Bertz CT molecular complexity index is 1340. The van der Waals surface area contributed by atoms with Gasteiger partial charge < -0.3 is 10.4 Å². The lowest BCUT2D eigenvalue weighted by Gasteiger charge is -2.14. The van der Waals surface area contributed by atoms with E-state index in [-0.39, 0.29) is 23.1 Å². The van der Waals surface area contributed by atoms with E-state index in [1.807, 2.05) is 49.6 Å². The number of hydrogen-bond donors (Lipinski definition) is 2. The van der Waals surface area contributed by atoms with Gasteiger partial charge in [-0.25, -0.2) is 4.39 Å². The summed E-state index contributed by atoms with van der Waals surface area (Å²) in [5.74, 6) is -0.284. The average molecular weight is 463 g/mol. The summed E-state index contributed by atoms with van der Waals surface area (Å²) in [5, 5.41) is 22.1. The van der Waals surface area contributed by atoms with Gasteiger partial charge in [-0.05, 0) is 62.2 Å². The van der Waals surface area contributed by atoms with Crippen LogP contribution >= 0.6 is 11.8 Å². The highest BCUT2D eigenvalue weighted by Crippen LogP contribution is 2.33. The number of benzene rings is 3. The van der Waals surface area contributed by atoms with Crippen LogP contribution in [0.15, 0.2) is 65.8 Å². The SMILES string of the molecule is Cc1ccc(-n2c(SCC(=O)Nc3cc(C)ccc3F)nnc2-c2ccccc2O)c(C)c1. The molecule has 0 saturated carbocycles. The number of aromatic hydroxyl groups is 1. The molecule has 0 unspecified atom stereocenters. The van der Waals surface area contributed by atoms with Crippen molar-refractivity contribution in [2.45, 2.75) is 25.9 Å². The summed E-state index contributed by atoms with van der Waals surface area (Å²) < 4.78 is 15.8. The van der Waals surface area contributed by atoms with Crippen LogP contribution in [0.5, 0.6) is 5.75 Å². The summed E-state index contributed by atoms with van der Waals surface area (Å²) in [6.07, 6.45) is 0. The quantitative estimate of drug-likeness (QED) is 0.373. The first-order valence-corrected chi connectivity index (χ1v) is 11.3. The molecule has 1 aromatic heterocycles. The number of thioether (sulfide) groups is 1. The highest BCUT2D eigenvalue weighted by Gasteiger charge is 2.20. The number of carbonyl (C=O) groups is 1. The van der Waals surface area contributed by atoms with Crippen LogP contribution in [0.25, 0.3) is 17.1 Å². The zero-order valence-corrected chi connectivity index (χ0v) is 19.3. The summed E-state index contributed by atoms with van der Waals surface area (Å²) in [5.41, 5.74) is 4.48. The van der Waals surface area contributed by atoms with Crippen molar-refractivity contribution < 1.29 is 14.3 Å². The number of rotatable bonds is 6. The minimum Gasteiger partial charge on any atom is -0.507 e. The molecule has 4 rings (SSSR count). The largest absolute Gasteiger partial charge is 0.507 e. The first kappa shape index (κ1) is 22.5. The molecule has 0 aliphatic carbocycles. The lowest BCUT2D eigenvalue weighted by Crippen LogP contribution is -2.15. The number of para-hydroxylation sites is 1. The average Bonchev–Trinajstić information content (AvgIpc) is 3.18. The number of nitrogens with zero attached hydrogens (tertiary/aromatic N) is 3. The Labute approximate surface area is 195 Å². The van der Waals surface area contributed by atoms with Gasteiger partial charge in [0.25, 0.3) is 0 Å². The minimum atomic E-state index is -0.487. The molecule has 6 nitrogen and oxygen atoms in total. The molecule has 0 aliphatic heterocycles. The Hall–Kier alpha value is -3.65. The molecule has 1 heterocycles. The van der Waals surface area contributed by atoms with Gasteiger partial charge in [-0.15, -0.1) is 10.2 Å². The number of halogens is 1. The third-order valence-corrected chi connectivity index (χ3v) is 6.03. The molecule has 0 aliphatic rings. The Balaban J connectivity index is 1.66. The van der Waals surface area contributed by atoms with Gasteiger partial charge in [0.15, 0.2) is 11.0 Å². The number of phenols is 1. The van der Waals surface area contributed by atoms with E-state index >= 15 is 0 Å². The standard InChI is InChI=1S/C25H23FN4O2S/c1-15-9-11-21(17(3)12-15)30-24(18-6-4-5-7-22(18)31)28-29-25(30)33-14-23(32)27-20-13-16(2)8-10-19(20)26/h4-13,31H,14H2,1-3H3,(H,27,32). The summed E-state index contributed by atoms with van der Waals surface area (Å²) in [7, 11) is 0. The highest BCUT2D eigenvalue weighted by atomic mass is 32.2. The Morgan fingerprint density at radius 1 is 1.03 bits per heavy atom. The van der Waals surface area contributed by atoms with E-state index in [0.717, 1.165) is 22.4 Å². The van der Waals surface area contributed by atoms with Crippen LogP contribution in [0.1, 0.15) is 16.7 Å². The zero-order valence-electron chi connectivity index (χ0n) is 18.5. The van der Waals surface area contributed by atoms with Crippen LogP contribution in [0.2, 0.25) is 0 Å². The number of aryl methyl sites for hydroxylation is 3. The molecule has 0 atom stereocenters. The summed E-state index contributed by atoms with van der Waals surface area (Å²) in [6, 6.07) is 17.5. The van der Waals surface area contributed by atoms with Crippen LogP contribution in [-0.4, -0.2) is 31.5 Å². The van der Waals surface area contributed by atoms with E-state index in [2.05, 4.69) is 15.5 Å². The second kappa shape index (κ2) is 9.46. The Morgan fingerprint density at radius 2 is 1.76 bits per heavy atom. The molecule has 0 radical (unpaired) electrons. The van der Waals surface area contributed by atoms with Gasteiger partial charge in [-0.1, -0.05) is 47.7 Å². The van der Waals surface area contributed by atoms with Crippen molar-refractivity contribution in [3.05, 3.63) is 83.2 Å². The Kier molecular flexibility index (Phi) is 6.46. The van der Waals surface area contributed by atoms with Crippen LogP contribution in [0, 0.1) is 26.6 Å². The van der Waals surface area contributed by atoms with Crippen molar-refractivity contribution in [3.8, 4) is 22.8 Å². The molecule has 0 fully saturated rings. The predicted octanol–water partition coefficient (Wildman–Crippen LogP) is 5.44. The molecule has 3 aromatic carbocycles. The lowest BCUT2D eigenvalue weighted by molar-refractivity contribution is -0.113. The topological polar surface area (TPSA) is 80.0 Å². The first-order chi connectivity index (χ1) is 15.8. The number of amides is 1. The van der Waals surface area contributed by atoms with Crippen LogP contribution in [0.4, 0.5) is 10.1 Å². The third kappa shape index (κ3) is 4.90. The van der Waals surface area contributed by atoms with Crippen molar-refractivity contribution >= 4 is 23.4 Å². The number of anilines is 1. The highest BCUT2D eigenvalue weighted by molar-refractivity contribution is 7.99. The second-order valence-electron chi connectivity index (χ2n) is 7.77. The van der Waals surface area contributed by atoms with Crippen LogP contribution in [-0.2, 0) is 4.79 Å². The molecule has 0 bridgehead atoms. The zero-order chi connectivity index (χ0) is 23.5. The molecule has 0 spiro atoms. The molecule has 8 heteroatoms. The van der Waals surface area contributed by atoms with Crippen molar-refractivity contribution in [3.63, 3.8) is 0 Å². The molecule has 4 aromatic rings. The van der Waals surface area contributed by atoms with Crippen molar-refractivity contribution in [1.29, 1.82) is 0 Å². The number of phenolic OH excluding ortho intramolecular Hbond substituents is 1. The normalized spacial score (nSPS) is 10.9. The number of hydrogen-bond acceptors (Lipinski definition) is 5. The molecular weight excluding hydrogens is 439 g/mol. The van der Waals surface area contributed by atoms with Gasteiger partial charge in [0, 0.05) is 0 Å². The van der Waals surface area contributed by atoms with E-state index in [9.17, 15) is 14.3 Å². The monoisotopic (exact) mass is 462 g/mol. The maximum atomic E-state index is 14.0. The minimum absolute atomic E-state index is 0.0111. The van der Waals surface area contributed by atoms with E-state index in [0.29, 0.717) is 16.5 Å².